The number of rotatable bonds is 10. The fourth-order valence-electron chi connectivity index (χ4n) is 3.92. The molecule has 0 spiro atoms. The van der Waals surface area contributed by atoms with Gasteiger partial charge < -0.3 is 31.1 Å². The third-order valence-electron chi connectivity index (χ3n) is 6.17. The average Bonchev–Trinajstić information content (AvgIpc) is 2.91. The van der Waals surface area contributed by atoms with E-state index in [0.29, 0.717) is 17.3 Å². The molecular weight excluding hydrogens is 490 g/mol. The van der Waals surface area contributed by atoms with E-state index in [1.54, 1.807) is 26.4 Å². The summed E-state index contributed by atoms with van der Waals surface area (Å²) in [6.07, 6.45) is 5.57. The van der Waals surface area contributed by atoms with Crippen LogP contribution in [0.5, 0.6) is 5.75 Å². The Labute approximate surface area is 235 Å². The van der Waals surface area contributed by atoms with Crippen molar-refractivity contribution >= 4 is 28.5 Å². The van der Waals surface area contributed by atoms with E-state index in [4.69, 9.17) is 10.5 Å². The largest absolute Gasteiger partial charge is 0.494 e. The average molecular weight is 540 g/mol. The number of hydrogen-bond acceptors (Lipinski definition) is 9. The van der Waals surface area contributed by atoms with Gasteiger partial charge in [0.2, 0.25) is 0 Å². The molecule has 2 aromatic rings. The fraction of sp³-hybridized carbons (Fsp3) is 0.500. The number of aromatic nitrogens is 2. The number of benzene rings is 1. The van der Waals surface area contributed by atoms with Crippen LogP contribution in [0.15, 0.2) is 48.1 Å². The van der Waals surface area contributed by atoms with Crippen LogP contribution in [0.1, 0.15) is 51.8 Å². The summed E-state index contributed by atoms with van der Waals surface area (Å²) < 4.78 is 5.71. The number of anilines is 3. The number of aliphatic imine (C=N–C) groups is 1. The number of ether oxygens (including phenoxy) is 1. The standard InChI is InChI=1S/C20H27N5O2.C7H15N.C3H7N/c1-5-6-8-14(18(12-26)22-3)15-9-7-10-16(20(15)27-4)23-17-11-19(21)25-24-13(17)2;1-6(2)8-4-7(3)5-8;1-3-4-2/h7-11,26H,5-6,12H2,1-4H3,(H3,21,23,25);6-7H,4-5H2,1-3H3;3-4H,1H2,2H3/b14-8-,22-18?;;. The predicted octanol–water partition coefficient (Wildman–Crippen LogP) is 5.06. The summed E-state index contributed by atoms with van der Waals surface area (Å²) in [6.45, 7) is 16.6. The summed E-state index contributed by atoms with van der Waals surface area (Å²) in [5.41, 5.74) is 10.4. The number of methoxy groups -OCH3 is 1. The number of aliphatic hydroxyl groups is 1. The number of nitrogen functional groups attached to an aromatic ring is 1. The molecule has 39 heavy (non-hydrogen) atoms. The van der Waals surface area contributed by atoms with Crippen molar-refractivity contribution in [3.63, 3.8) is 0 Å². The molecule has 0 bridgehead atoms. The van der Waals surface area contributed by atoms with Crippen molar-refractivity contribution in [3.8, 4) is 5.75 Å². The van der Waals surface area contributed by atoms with Crippen LogP contribution in [0.2, 0.25) is 0 Å². The molecule has 1 aliphatic heterocycles. The second-order valence-electron chi connectivity index (χ2n) is 9.66. The molecule has 1 saturated heterocycles. The molecule has 0 saturated carbocycles. The Morgan fingerprint density at radius 3 is 2.44 bits per heavy atom. The van der Waals surface area contributed by atoms with E-state index in [2.05, 4.69) is 71.1 Å². The zero-order valence-electron chi connectivity index (χ0n) is 25.1. The maximum atomic E-state index is 9.73. The SMILES string of the molecule is C=CNC.CC1CN(C(C)C)C1.CCC/C=C(\C(CO)=NC)c1cccc(Nc2cc(N)nnc2C)c1OC. The normalized spacial score (nSPS) is 13.9. The van der Waals surface area contributed by atoms with Crippen molar-refractivity contribution in [1.29, 1.82) is 0 Å². The van der Waals surface area contributed by atoms with Gasteiger partial charge in [0.15, 0.2) is 0 Å². The lowest BCUT2D eigenvalue weighted by molar-refractivity contribution is 0.0787. The Morgan fingerprint density at radius 2 is 1.97 bits per heavy atom. The van der Waals surface area contributed by atoms with Crippen LogP contribution in [-0.4, -0.2) is 72.9 Å². The molecule has 1 aliphatic rings. The predicted molar refractivity (Wildman–Crippen MR) is 166 cm³/mol. The summed E-state index contributed by atoms with van der Waals surface area (Å²) in [4.78, 5) is 6.73. The molecule has 9 nitrogen and oxygen atoms in total. The van der Waals surface area contributed by atoms with E-state index in [1.165, 1.54) is 13.1 Å². The van der Waals surface area contributed by atoms with E-state index >= 15 is 0 Å². The van der Waals surface area contributed by atoms with E-state index in [1.807, 2.05) is 32.2 Å². The van der Waals surface area contributed by atoms with Gasteiger partial charge in [-0.1, -0.05) is 45.1 Å². The molecule has 1 aromatic carbocycles. The molecule has 0 radical (unpaired) electrons. The van der Waals surface area contributed by atoms with Gasteiger partial charge in [0.1, 0.15) is 11.6 Å². The minimum atomic E-state index is -0.142. The number of likely N-dealkylation sites (tertiary alicyclic amines) is 1. The number of nitrogens with two attached hydrogens (primary N) is 1. The first-order valence-corrected chi connectivity index (χ1v) is 13.5. The minimum Gasteiger partial charge on any atom is -0.494 e. The summed E-state index contributed by atoms with van der Waals surface area (Å²) in [6, 6.07) is 8.30. The number of aryl methyl sites for hydroxylation is 1. The quantitative estimate of drug-likeness (QED) is 0.309. The summed E-state index contributed by atoms with van der Waals surface area (Å²) in [5.74, 6) is 1.95. The van der Waals surface area contributed by atoms with Crippen LogP contribution in [-0.2, 0) is 0 Å². The second kappa shape index (κ2) is 18.0. The molecule has 9 heteroatoms. The molecule has 1 aromatic heterocycles. The zero-order chi connectivity index (χ0) is 29.4. The summed E-state index contributed by atoms with van der Waals surface area (Å²) in [7, 11) is 5.11. The molecule has 5 N–H and O–H groups in total. The van der Waals surface area contributed by atoms with Gasteiger partial charge in [0, 0.05) is 50.4 Å². The molecule has 0 unspecified atom stereocenters. The van der Waals surface area contributed by atoms with Gasteiger partial charge in [-0.15, -0.1) is 5.10 Å². The third kappa shape index (κ3) is 10.7. The van der Waals surface area contributed by atoms with Gasteiger partial charge in [0.25, 0.3) is 0 Å². The number of allylic oxidation sites excluding steroid dienone is 1. The lowest BCUT2D eigenvalue weighted by Gasteiger charge is -2.40. The molecular formula is C30H49N7O2. The lowest BCUT2D eigenvalue weighted by Crippen LogP contribution is -2.48. The van der Waals surface area contributed by atoms with Crippen molar-refractivity contribution in [2.24, 2.45) is 10.9 Å². The van der Waals surface area contributed by atoms with Crippen LogP contribution in [0.3, 0.4) is 0 Å². The number of hydrogen-bond donors (Lipinski definition) is 4. The van der Waals surface area contributed by atoms with E-state index in [0.717, 1.165) is 53.0 Å². The van der Waals surface area contributed by atoms with Gasteiger partial charge in [0.05, 0.1) is 36.5 Å². The number of para-hydroxylation sites is 1. The Bertz CT molecular complexity index is 1080. The highest BCUT2D eigenvalue weighted by Gasteiger charge is 2.23. The van der Waals surface area contributed by atoms with Crippen molar-refractivity contribution in [2.75, 3.05) is 52.0 Å². The minimum absolute atomic E-state index is 0.142. The first-order valence-electron chi connectivity index (χ1n) is 13.5. The van der Waals surface area contributed by atoms with Gasteiger partial charge in [-0.2, -0.15) is 5.10 Å². The highest BCUT2D eigenvalue weighted by atomic mass is 16.5. The molecule has 0 atom stereocenters. The summed E-state index contributed by atoms with van der Waals surface area (Å²) in [5, 5.41) is 23.6. The van der Waals surface area contributed by atoms with Gasteiger partial charge in [-0.3, -0.25) is 4.99 Å². The highest BCUT2D eigenvalue weighted by molar-refractivity contribution is 6.25. The van der Waals surface area contributed by atoms with Crippen molar-refractivity contribution < 1.29 is 9.84 Å². The van der Waals surface area contributed by atoms with Crippen LogP contribution in [0, 0.1) is 12.8 Å². The lowest BCUT2D eigenvalue weighted by atomic mass is 9.97. The number of nitrogens with one attached hydrogen (secondary N) is 2. The molecule has 1 fully saturated rings. The molecule has 2 heterocycles. The van der Waals surface area contributed by atoms with Gasteiger partial charge in [-0.05, 0) is 45.4 Å². The first kappa shape index (κ1) is 33.6. The van der Waals surface area contributed by atoms with Crippen LogP contribution < -0.4 is 21.1 Å². The highest BCUT2D eigenvalue weighted by Crippen LogP contribution is 2.36. The fourth-order valence-corrected chi connectivity index (χ4v) is 3.92. The number of unbranched alkanes of at least 4 members (excludes halogenated alkanes) is 1. The first-order chi connectivity index (χ1) is 18.7. The monoisotopic (exact) mass is 539 g/mol. The Morgan fingerprint density at radius 1 is 1.31 bits per heavy atom. The second-order valence-corrected chi connectivity index (χ2v) is 9.66. The van der Waals surface area contributed by atoms with Crippen molar-refractivity contribution in [1.82, 2.24) is 20.4 Å². The zero-order valence-corrected chi connectivity index (χ0v) is 25.1. The van der Waals surface area contributed by atoms with Gasteiger partial charge in [-0.25, -0.2) is 0 Å². The summed E-state index contributed by atoms with van der Waals surface area (Å²) >= 11 is 0. The molecule has 0 aliphatic carbocycles. The molecule has 216 valence electrons. The van der Waals surface area contributed by atoms with E-state index < -0.39 is 0 Å². The van der Waals surface area contributed by atoms with Crippen molar-refractivity contribution in [3.05, 3.63) is 54.4 Å². The Balaban J connectivity index is 0.000000522. The molecule has 0 amide bonds. The number of aliphatic hydroxyl groups excluding tert-OH is 1. The third-order valence-corrected chi connectivity index (χ3v) is 6.17. The van der Waals surface area contributed by atoms with E-state index in [-0.39, 0.29) is 6.61 Å². The van der Waals surface area contributed by atoms with Crippen LogP contribution in [0.4, 0.5) is 17.2 Å². The van der Waals surface area contributed by atoms with Crippen LogP contribution in [0.25, 0.3) is 5.57 Å². The molecule has 3 rings (SSSR count). The Kier molecular flexibility index (Phi) is 15.5. The van der Waals surface area contributed by atoms with Crippen molar-refractivity contribution in [2.45, 2.75) is 53.5 Å². The maximum Gasteiger partial charge on any atom is 0.150 e. The Hall–Kier alpha value is -3.43. The van der Waals surface area contributed by atoms with Crippen LogP contribution >= 0.6 is 0 Å². The van der Waals surface area contributed by atoms with Gasteiger partial charge >= 0.3 is 0 Å². The topological polar surface area (TPSA) is 121 Å². The maximum absolute atomic E-state index is 9.73. The number of nitrogens with zero attached hydrogens (tertiary/aromatic N) is 4. The van der Waals surface area contributed by atoms with E-state index in [9.17, 15) is 5.11 Å². The smallest absolute Gasteiger partial charge is 0.150 e.